The molecule has 1 atom stereocenters. The van der Waals surface area contributed by atoms with E-state index in [1.165, 1.54) is 18.6 Å². The van der Waals surface area contributed by atoms with Crippen LogP contribution in [0.4, 0.5) is 11.5 Å². The summed E-state index contributed by atoms with van der Waals surface area (Å²) in [6.45, 7) is 4.06. The number of amides is 1. The number of nitrogens with zero attached hydrogens (tertiary/aromatic N) is 4. The topological polar surface area (TPSA) is 105 Å². The largest absolute Gasteiger partial charge is 0.481 e. The summed E-state index contributed by atoms with van der Waals surface area (Å²) < 4.78 is 33.3. The molecule has 34 heavy (non-hydrogen) atoms. The van der Waals surface area contributed by atoms with Crippen LogP contribution < -0.4 is 14.4 Å². The van der Waals surface area contributed by atoms with Gasteiger partial charge < -0.3 is 14.5 Å². The van der Waals surface area contributed by atoms with Crippen LogP contribution in [0.5, 0.6) is 5.75 Å². The second-order valence-corrected chi connectivity index (χ2v) is 9.84. The maximum absolute atomic E-state index is 12.8. The SMILES string of the molecule is CC(Oc1cccc(Cl)c1)C(=O)N1CCN(c2ccc(S(=O)(=O)Nc3ccncn3)cc2)CC1. The lowest BCUT2D eigenvalue weighted by molar-refractivity contribution is -0.138. The highest BCUT2D eigenvalue weighted by molar-refractivity contribution is 7.92. The van der Waals surface area contributed by atoms with E-state index < -0.39 is 16.1 Å². The molecule has 0 aliphatic carbocycles. The van der Waals surface area contributed by atoms with Gasteiger partial charge in [-0.25, -0.2) is 18.4 Å². The van der Waals surface area contributed by atoms with Crippen molar-refractivity contribution in [3.63, 3.8) is 0 Å². The Balaban J connectivity index is 1.32. The van der Waals surface area contributed by atoms with Crippen LogP contribution in [-0.2, 0) is 14.8 Å². The molecule has 1 aliphatic heterocycles. The minimum atomic E-state index is -3.75. The van der Waals surface area contributed by atoms with E-state index in [1.807, 2.05) is 0 Å². The minimum Gasteiger partial charge on any atom is -0.481 e. The standard InChI is InChI=1S/C23H24ClN5O4S/c1-17(33-20-4-2-3-18(24)15-20)23(30)29-13-11-28(12-14-29)19-5-7-21(8-6-19)34(31,32)27-22-9-10-25-16-26-22/h2-10,15-17H,11-14H2,1H3,(H,25,26,27). The van der Waals surface area contributed by atoms with Crippen LogP contribution in [0.1, 0.15) is 6.92 Å². The van der Waals surface area contributed by atoms with E-state index in [-0.39, 0.29) is 16.6 Å². The molecule has 178 valence electrons. The number of anilines is 2. The van der Waals surface area contributed by atoms with Crippen molar-refractivity contribution in [1.29, 1.82) is 0 Å². The first-order valence-corrected chi connectivity index (χ1v) is 12.5. The monoisotopic (exact) mass is 501 g/mol. The second-order valence-electron chi connectivity index (χ2n) is 7.72. The van der Waals surface area contributed by atoms with E-state index in [0.717, 1.165) is 5.69 Å². The molecular weight excluding hydrogens is 478 g/mol. The summed E-state index contributed by atoms with van der Waals surface area (Å²) >= 11 is 5.98. The Kier molecular flexibility index (Phi) is 7.18. The lowest BCUT2D eigenvalue weighted by Gasteiger charge is -2.37. The number of rotatable bonds is 7. The predicted molar refractivity (Wildman–Crippen MR) is 130 cm³/mol. The van der Waals surface area contributed by atoms with Gasteiger partial charge in [-0.05, 0) is 55.5 Å². The van der Waals surface area contributed by atoms with Crippen molar-refractivity contribution in [2.24, 2.45) is 0 Å². The maximum Gasteiger partial charge on any atom is 0.263 e. The van der Waals surface area contributed by atoms with Crippen LogP contribution in [0, 0.1) is 0 Å². The Bertz CT molecular complexity index is 1230. The fourth-order valence-electron chi connectivity index (χ4n) is 3.62. The fourth-order valence-corrected chi connectivity index (χ4v) is 4.81. The van der Waals surface area contributed by atoms with Crippen LogP contribution in [-0.4, -0.2) is 61.5 Å². The number of halogens is 1. The highest BCUT2D eigenvalue weighted by Crippen LogP contribution is 2.22. The third-order valence-corrected chi connectivity index (χ3v) is 6.99. The van der Waals surface area contributed by atoms with Crippen LogP contribution in [0.15, 0.2) is 72.0 Å². The molecule has 2 heterocycles. The third-order valence-electron chi connectivity index (χ3n) is 5.38. The first kappa shape index (κ1) is 23.8. The average molecular weight is 502 g/mol. The van der Waals surface area contributed by atoms with Gasteiger partial charge in [0.15, 0.2) is 6.10 Å². The molecule has 2 aromatic carbocycles. The smallest absolute Gasteiger partial charge is 0.263 e. The van der Waals surface area contributed by atoms with Gasteiger partial charge in [-0.3, -0.25) is 9.52 Å². The summed E-state index contributed by atoms with van der Waals surface area (Å²) in [5.74, 6) is 0.668. The molecule has 1 N–H and O–H groups in total. The maximum atomic E-state index is 12.8. The molecule has 1 unspecified atom stereocenters. The summed E-state index contributed by atoms with van der Waals surface area (Å²) in [6, 6.07) is 15.1. The molecule has 9 nitrogen and oxygen atoms in total. The molecule has 4 rings (SSSR count). The molecule has 11 heteroatoms. The van der Waals surface area contributed by atoms with Gasteiger partial charge in [0.2, 0.25) is 0 Å². The van der Waals surface area contributed by atoms with Crippen molar-refractivity contribution in [3.8, 4) is 5.75 Å². The molecule has 1 fully saturated rings. The molecule has 1 aliphatic rings. The number of hydrogen-bond acceptors (Lipinski definition) is 7. The fraction of sp³-hybridized carbons (Fsp3) is 0.261. The summed E-state index contributed by atoms with van der Waals surface area (Å²) in [6.07, 6.45) is 2.11. The Morgan fingerprint density at radius 2 is 1.82 bits per heavy atom. The van der Waals surface area contributed by atoms with Crippen LogP contribution in [0.3, 0.4) is 0 Å². The average Bonchev–Trinajstić information content (AvgIpc) is 2.84. The van der Waals surface area contributed by atoms with E-state index in [1.54, 1.807) is 60.4 Å². The number of nitrogens with one attached hydrogen (secondary N) is 1. The van der Waals surface area contributed by atoms with Crippen molar-refractivity contribution in [2.45, 2.75) is 17.9 Å². The van der Waals surface area contributed by atoms with E-state index in [9.17, 15) is 13.2 Å². The predicted octanol–water partition coefficient (Wildman–Crippen LogP) is 3.05. The van der Waals surface area contributed by atoms with Gasteiger partial charge in [0.05, 0.1) is 4.90 Å². The number of piperazine rings is 1. The van der Waals surface area contributed by atoms with Crippen LogP contribution in [0.25, 0.3) is 0 Å². The van der Waals surface area contributed by atoms with E-state index in [2.05, 4.69) is 19.6 Å². The Labute approximate surface area is 203 Å². The molecule has 0 radical (unpaired) electrons. The molecule has 1 aromatic heterocycles. The van der Waals surface area contributed by atoms with Crippen molar-refractivity contribution in [1.82, 2.24) is 14.9 Å². The van der Waals surface area contributed by atoms with Gasteiger partial charge in [-0.15, -0.1) is 0 Å². The van der Waals surface area contributed by atoms with Gasteiger partial charge in [0.1, 0.15) is 17.9 Å². The number of sulfonamides is 1. The van der Waals surface area contributed by atoms with E-state index >= 15 is 0 Å². The molecule has 0 bridgehead atoms. The summed E-state index contributed by atoms with van der Waals surface area (Å²) in [4.78, 5) is 24.5. The second kappa shape index (κ2) is 10.3. The zero-order valence-electron chi connectivity index (χ0n) is 18.5. The highest BCUT2D eigenvalue weighted by Gasteiger charge is 2.26. The number of carbonyl (C=O) groups excluding carboxylic acids is 1. The molecular formula is C23H24ClN5O4S. The molecule has 1 amide bonds. The summed E-state index contributed by atoms with van der Waals surface area (Å²) in [7, 11) is -3.75. The summed E-state index contributed by atoms with van der Waals surface area (Å²) in [5.41, 5.74) is 0.885. The number of carbonyl (C=O) groups is 1. The molecule has 0 saturated carbocycles. The van der Waals surface area contributed by atoms with Crippen molar-refractivity contribution < 1.29 is 17.9 Å². The van der Waals surface area contributed by atoms with Crippen LogP contribution in [0.2, 0.25) is 5.02 Å². The van der Waals surface area contributed by atoms with E-state index in [4.69, 9.17) is 16.3 Å². The number of aromatic nitrogens is 2. The van der Waals surface area contributed by atoms with Gasteiger partial charge in [0, 0.05) is 43.1 Å². The first-order valence-electron chi connectivity index (χ1n) is 10.7. The molecule has 1 saturated heterocycles. The van der Waals surface area contributed by atoms with Crippen molar-refractivity contribution in [2.75, 3.05) is 35.8 Å². The zero-order valence-corrected chi connectivity index (χ0v) is 20.0. The lowest BCUT2D eigenvalue weighted by Crippen LogP contribution is -2.52. The number of benzene rings is 2. The first-order chi connectivity index (χ1) is 16.3. The summed E-state index contributed by atoms with van der Waals surface area (Å²) in [5, 5.41) is 0.550. The Morgan fingerprint density at radius 3 is 2.47 bits per heavy atom. The third kappa shape index (κ3) is 5.75. The van der Waals surface area contributed by atoms with Gasteiger partial charge in [0.25, 0.3) is 15.9 Å². The molecule has 0 spiro atoms. The van der Waals surface area contributed by atoms with Crippen molar-refractivity contribution >= 4 is 39.0 Å². The van der Waals surface area contributed by atoms with Gasteiger partial charge in [-0.2, -0.15) is 0 Å². The Hall–Kier alpha value is -3.37. The van der Waals surface area contributed by atoms with E-state index in [0.29, 0.717) is 37.0 Å². The number of hydrogen-bond donors (Lipinski definition) is 1. The van der Waals surface area contributed by atoms with Crippen molar-refractivity contribution in [3.05, 3.63) is 72.1 Å². The van der Waals surface area contributed by atoms with Gasteiger partial charge in [-0.1, -0.05) is 17.7 Å². The zero-order chi connectivity index (χ0) is 24.1. The highest BCUT2D eigenvalue weighted by atomic mass is 35.5. The lowest BCUT2D eigenvalue weighted by atomic mass is 10.2. The van der Waals surface area contributed by atoms with Crippen LogP contribution >= 0.6 is 11.6 Å². The normalized spacial score (nSPS) is 15.0. The quantitative estimate of drug-likeness (QED) is 0.530. The Morgan fingerprint density at radius 1 is 1.09 bits per heavy atom. The van der Waals surface area contributed by atoms with Gasteiger partial charge >= 0.3 is 0 Å². The minimum absolute atomic E-state index is 0.0862. The molecule has 3 aromatic rings. The number of ether oxygens (including phenoxy) is 1.